The van der Waals surface area contributed by atoms with Crippen molar-refractivity contribution in [3.05, 3.63) is 33.9 Å². The van der Waals surface area contributed by atoms with Gasteiger partial charge in [0.2, 0.25) is 5.75 Å². The van der Waals surface area contributed by atoms with Gasteiger partial charge in [-0.1, -0.05) is 12.1 Å². The Morgan fingerprint density at radius 2 is 1.57 bits per heavy atom. The number of phenolic OH excluding ortho intramolecular Hbond substituents is 1. The van der Waals surface area contributed by atoms with Crippen LogP contribution in [0, 0.1) is 10.1 Å². The predicted octanol–water partition coefficient (Wildman–Crippen LogP) is 0.963. The third kappa shape index (κ3) is 3.45. The van der Waals surface area contributed by atoms with Gasteiger partial charge in [-0.3, -0.25) is 19.9 Å². The molecule has 3 rings (SSSR count). The fraction of sp³-hybridized carbons (Fsp3) is 0.600. The van der Waals surface area contributed by atoms with Crippen LogP contribution >= 0.6 is 0 Å². The molecule has 8 heteroatoms. The Bertz CT molecular complexity index is 538. The minimum atomic E-state index is -0.547. The zero-order chi connectivity index (χ0) is 16.2. The van der Waals surface area contributed by atoms with Crippen molar-refractivity contribution >= 4 is 5.69 Å². The molecule has 0 unspecified atom stereocenters. The summed E-state index contributed by atoms with van der Waals surface area (Å²) in [6, 6.07) is 4.72. The molecule has 2 aliphatic rings. The number of nitrogens with zero attached hydrogens (tertiary/aromatic N) is 3. The van der Waals surface area contributed by atoms with Crippen molar-refractivity contribution in [1.29, 1.82) is 0 Å². The van der Waals surface area contributed by atoms with E-state index < -0.39 is 4.92 Å². The third-order valence-corrected chi connectivity index (χ3v) is 4.30. The fourth-order valence-electron chi connectivity index (χ4n) is 3.17. The average Bonchev–Trinajstić information content (AvgIpc) is 2.58. The first-order valence-electron chi connectivity index (χ1n) is 7.78. The topological polar surface area (TPSA) is 88.3 Å². The summed E-state index contributed by atoms with van der Waals surface area (Å²) in [5, 5.41) is 21.6. The summed E-state index contributed by atoms with van der Waals surface area (Å²) in [5.41, 5.74) is 0.317. The van der Waals surface area contributed by atoms with E-state index >= 15 is 0 Å². The molecule has 2 heterocycles. The number of para-hydroxylation sites is 1. The van der Waals surface area contributed by atoms with Gasteiger partial charge < -0.3 is 14.6 Å². The van der Waals surface area contributed by atoms with Crippen LogP contribution in [0.3, 0.4) is 0 Å². The maximum Gasteiger partial charge on any atom is 0.311 e. The first-order valence-corrected chi connectivity index (χ1v) is 7.78. The number of nitro benzene ring substituents is 1. The van der Waals surface area contributed by atoms with Crippen molar-refractivity contribution in [3.8, 4) is 5.75 Å². The lowest BCUT2D eigenvalue weighted by atomic mass is 10.1. The number of ether oxygens (including phenoxy) is 2. The Labute approximate surface area is 134 Å². The van der Waals surface area contributed by atoms with Gasteiger partial charge in [0.25, 0.3) is 0 Å². The summed E-state index contributed by atoms with van der Waals surface area (Å²) in [6.45, 7) is 5.39. The average molecular weight is 323 g/mol. The monoisotopic (exact) mass is 323 g/mol. The molecule has 2 aliphatic heterocycles. The molecule has 0 amide bonds. The van der Waals surface area contributed by atoms with Crippen LogP contribution in [0.4, 0.5) is 5.69 Å². The largest absolute Gasteiger partial charge is 0.502 e. The smallest absolute Gasteiger partial charge is 0.311 e. The Hall–Kier alpha value is -1.74. The van der Waals surface area contributed by atoms with E-state index in [1.54, 1.807) is 12.1 Å². The van der Waals surface area contributed by atoms with Crippen molar-refractivity contribution < 1.29 is 19.5 Å². The van der Waals surface area contributed by atoms with Crippen LogP contribution in [0.5, 0.6) is 5.75 Å². The number of benzene rings is 1. The number of rotatable bonds is 4. The maximum atomic E-state index is 11.1. The lowest BCUT2D eigenvalue weighted by Gasteiger charge is -2.43. The Morgan fingerprint density at radius 1 is 1.04 bits per heavy atom. The molecule has 0 aromatic heterocycles. The van der Waals surface area contributed by atoms with Gasteiger partial charge in [-0.25, -0.2) is 0 Å². The number of aromatic hydroxyl groups is 1. The molecule has 126 valence electrons. The lowest BCUT2D eigenvalue weighted by Crippen LogP contribution is -2.50. The number of hydrogen-bond acceptors (Lipinski definition) is 7. The van der Waals surface area contributed by atoms with E-state index in [0.29, 0.717) is 32.0 Å². The molecular weight excluding hydrogens is 302 g/mol. The highest BCUT2D eigenvalue weighted by molar-refractivity contribution is 5.51. The van der Waals surface area contributed by atoms with E-state index in [4.69, 9.17) is 9.47 Å². The molecule has 0 saturated carbocycles. The van der Waals surface area contributed by atoms with E-state index in [1.165, 1.54) is 6.07 Å². The second-order valence-electron chi connectivity index (χ2n) is 5.64. The van der Waals surface area contributed by atoms with E-state index in [9.17, 15) is 15.2 Å². The molecule has 1 N–H and O–H groups in total. The molecule has 2 saturated heterocycles. The van der Waals surface area contributed by atoms with Gasteiger partial charge in [-0.2, -0.15) is 0 Å². The van der Waals surface area contributed by atoms with E-state index in [2.05, 4.69) is 9.80 Å². The van der Waals surface area contributed by atoms with E-state index in [0.717, 1.165) is 26.2 Å². The van der Waals surface area contributed by atoms with E-state index in [-0.39, 0.29) is 17.6 Å². The Balaban J connectivity index is 1.96. The standard InChI is InChI=1S/C15H21N3O5/c19-14-12(2-1-3-13(14)18(20)21)15(16-4-8-22-9-5-16)17-6-10-23-11-7-17/h1-3,15,19H,4-11H2. The normalized spacial score (nSPS) is 20.7. The van der Waals surface area contributed by atoms with Gasteiger partial charge in [-0.05, 0) is 0 Å². The third-order valence-electron chi connectivity index (χ3n) is 4.30. The van der Waals surface area contributed by atoms with Crippen molar-refractivity contribution in [2.24, 2.45) is 0 Å². The van der Waals surface area contributed by atoms with Gasteiger partial charge in [0.05, 0.1) is 37.5 Å². The molecule has 1 aromatic rings. The summed E-state index contributed by atoms with van der Waals surface area (Å²) in [6.07, 6.45) is -0.206. The maximum absolute atomic E-state index is 11.1. The molecule has 8 nitrogen and oxygen atoms in total. The minimum Gasteiger partial charge on any atom is -0.502 e. The van der Waals surface area contributed by atoms with Crippen molar-refractivity contribution in [2.75, 3.05) is 52.6 Å². The highest BCUT2D eigenvalue weighted by Gasteiger charge is 2.33. The molecular formula is C15H21N3O5. The second-order valence-corrected chi connectivity index (χ2v) is 5.64. The summed E-state index contributed by atoms with van der Waals surface area (Å²) in [7, 11) is 0. The molecule has 1 aromatic carbocycles. The minimum absolute atomic E-state index is 0.206. The van der Waals surface area contributed by atoms with Crippen LogP contribution < -0.4 is 0 Å². The first-order chi connectivity index (χ1) is 11.2. The quantitative estimate of drug-likeness (QED) is 0.652. The van der Waals surface area contributed by atoms with Gasteiger partial charge in [0.1, 0.15) is 0 Å². The fourth-order valence-corrected chi connectivity index (χ4v) is 3.17. The van der Waals surface area contributed by atoms with Crippen LogP contribution in [0.15, 0.2) is 18.2 Å². The predicted molar refractivity (Wildman–Crippen MR) is 82.3 cm³/mol. The van der Waals surface area contributed by atoms with Crippen LogP contribution in [0.25, 0.3) is 0 Å². The van der Waals surface area contributed by atoms with Crippen LogP contribution in [0.2, 0.25) is 0 Å². The highest BCUT2D eigenvalue weighted by Crippen LogP contribution is 2.38. The van der Waals surface area contributed by atoms with Crippen LogP contribution in [-0.4, -0.2) is 72.4 Å². The summed E-state index contributed by atoms with van der Waals surface area (Å²) in [5.74, 6) is -0.250. The van der Waals surface area contributed by atoms with E-state index in [1.807, 2.05) is 0 Å². The Morgan fingerprint density at radius 3 is 2.04 bits per heavy atom. The molecule has 0 bridgehead atoms. The number of phenols is 1. The highest BCUT2D eigenvalue weighted by atomic mass is 16.6. The zero-order valence-electron chi connectivity index (χ0n) is 12.9. The van der Waals surface area contributed by atoms with Gasteiger partial charge in [-0.15, -0.1) is 0 Å². The van der Waals surface area contributed by atoms with Crippen molar-refractivity contribution in [2.45, 2.75) is 6.17 Å². The second kappa shape index (κ2) is 7.22. The number of nitro groups is 1. The molecule has 0 atom stereocenters. The van der Waals surface area contributed by atoms with Gasteiger partial charge >= 0.3 is 5.69 Å². The first kappa shape index (κ1) is 16.1. The molecule has 2 fully saturated rings. The summed E-state index contributed by atoms with van der Waals surface area (Å²) < 4.78 is 10.8. The summed E-state index contributed by atoms with van der Waals surface area (Å²) in [4.78, 5) is 15.0. The SMILES string of the molecule is O=[N+]([O-])c1cccc(C(N2CCOCC2)N2CCOCC2)c1O. The van der Waals surface area contributed by atoms with Gasteiger partial charge in [0, 0.05) is 37.8 Å². The van der Waals surface area contributed by atoms with Crippen molar-refractivity contribution in [3.63, 3.8) is 0 Å². The molecule has 0 spiro atoms. The van der Waals surface area contributed by atoms with Crippen molar-refractivity contribution in [1.82, 2.24) is 9.80 Å². The molecule has 0 radical (unpaired) electrons. The number of hydrogen-bond donors (Lipinski definition) is 1. The zero-order valence-corrected chi connectivity index (χ0v) is 12.9. The lowest BCUT2D eigenvalue weighted by molar-refractivity contribution is -0.386. The van der Waals surface area contributed by atoms with Crippen LogP contribution in [0.1, 0.15) is 11.7 Å². The number of morpholine rings is 2. The Kier molecular flexibility index (Phi) is 5.06. The van der Waals surface area contributed by atoms with Gasteiger partial charge in [0.15, 0.2) is 0 Å². The molecule has 23 heavy (non-hydrogen) atoms. The summed E-state index contributed by atoms with van der Waals surface area (Å²) >= 11 is 0. The van der Waals surface area contributed by atoms with Crippen LogP contribution in [-0.2, 0) is 9.47 Å². The molecule has 0 aliphatic carbocycles.